The quantitative estimate of drug-likeness (QED) is 0.214. The Balaban J connectivity index is 1.33. The highest BCUT2D eigenvalue weighted by Crippen LogP contribution is 2.40. The maximum Gasteiger partial charge on any atom is 0.310 e. The molecule has 0 saturated carbocycles. The zero-order valence-electron chi connectivity index (χ0n) is 23.9. The summed E-state index contributed by atoms with van der Waals surface area (Å²) in [6, 6.07) is 18.9. The number of rotatable bonds is 8. The first-order valence-corrected chi connectivity index (χ1v) is 14.1. The van der Waals surface area contributed by atoms with Crippen LogP contribution in [-0.4, -0.2) is 48.8 Å². The van der Waals surface area contributed by atoms with Crippen LogP contribution >= 0.6 is 0 Å². The summed E-state index contributed by atoms with van der Waals surface area (Å²) in [7, 11) is 0. The van der Waals surface area contributed by atoms with Gasteiger partial charge < -0.3 is 9.47 Å². The molecule has 0 atom stereocenters. The zero-order chi connectivity index (χ0) is 31.1. The Bertz CT molecular complexity index is 1680. The molecule has 2 aliphatic rings. The molecule has 0 saturated heterocycles. The lowest BCUT2D eigenvalue weighted by Gasteiger charge is -2.32. The smallest absolute Gasteiger partial charge is 0.310 e. The normalized spacial score (nSPS) is 13.9. The Morgan fingerprint density at radius 3 is 1.07 bits per heavy atom. The summed E-state index contributed by atoms with van der Waals surface area (Å²) in [4.78, 5) is 80.6. The van der Waals surface area contributed by atoms with Crippen LogP contribution in [0, 0.1) is 0 Å². The van der Waals surface area contributed by atoms with Crippen LogP contribution in [0.15, 0.2) is 72.8 Å². The molecule has 4 aromatic rings. The minimum Gasteiger partial charge on any atom is -0.466 e. The fourth-order valence-corrected chi connectivity index (χ4v) is 5.63. The van der Waals surface area contributed by atoms with E-state index in [1.807, 2.05) is 0 Å². The maximum atomic E-state index is 13.7. The molecule has 220 valence electrons. The van der Waals surface area contributed by atoms with E-state index in [1.54, 1.807) is 62.4 Å². The van der Waals surface area contributed by atoms with Crippen LogP contribution in [0.1, 0.15) is 66.4 Å². The molecule has 0 N–H and O–H groups in total. The van der Waals surface area contributed by atoms with Crippen molar-refractivity contribution in [3.8, 4) is 0 Å². The molecule has 6 rings (SSSR count). The lowest BCUT2D eigenvalue weighted by Crippen LogP contribution is -2.43. The number of benzene rings is 4. The summed E-state index contributed by atoms with van der Waals surface area (Å²) >= 11 is 0. The summed E-state index contributed by atoms with van der Waals surface area (Å²) in [6.45, 7) is 3.98. The van der Waals surface area contributed by atoms with Crippen LogP contribution < -0.4 is 9.80 Å². The molecule has 10 nitrogen and oxygen atoms in total. The molecular formula is C34H26N2O8. The van der Waals surface area contributed by atoms with Crippen molar-refractivity contribution in [2.45, 2.75) is 26.7 Å². The molecule has 0 bridgehead atoms. The first-order valence-electron chi connectivity index (χ1n) is 14.1. The van der Waals surface area contributed by atoms with Gasteiger partial charge in [-0.3, -0.25) is 28.8 Å². The maximum absolute atomic E-state index is 13.7. The van der Waals surface area contributed by atoms with Gasteiger partial charge in [-0.1, -0.05) is 24.3 Å². The summed E-state index contributed by atoms with van der Waals surface area (Å²) in [5.74, 6) is -3.14. The number of esters is 2. The molecule has 4 amide bonds. The van der Waals surface area contributed by atoms with E-state index >= 15 is 0 Å². The fraction of sp³-hybridized carbons (Fsp3) is 0.176. The van der Waals surface area contributed by atoms with Crippen LogP contribution in [0.5, 0.6) is 0 Å². The standard InChI is InChI=1S/C34H26N2O8/c1-3-43-27(37)17-19-5-9-21(10-6-19)35-31(39)23-13-15-25-30-26(16-14-24(29(23)30)32(35)40)34(42)36(33(25)41)22-11-7-20(8-12-22)18-28(38)44-4-2/h5-16H,3-4,17-18H2,1-2H3. The Morgan fingerprint density at radius 1 is 0.500 bits per heavy atom. The number of carbonyl (C=O) groups is 6. The van der Waals surface area contributed by atoms with Gasteiger partial charge in [0.2, 0.25) is 0 Å². The number of hydrogen-bond donors (Lipinski definition) is 0. The molecule has 0 unspecified atom stereocenters. The number of hydrogen-bond acceptors (Lipinski definition) is 8. The van der Waals surface area contributed by atoms with Gasteiger partial charge in [-0.05, 0) is 73.5 Å². The molecule has 2 aliphatic heterocycles. The number of carbonyl (C=O) groups excluding carboxylic acids is 6. The average molecular weight is 591 g/mol. The minimum absolute atomic E-state index is 0.0561. The van der Waals surface area contributed by atoms with Gasteiger partial charge in [0.25, 0.3) is 23.6 Å². The van der Waals surface area contributed by atoms with Crippen molar-refractivity contribution >= 4 is 57.7 Å². The largest absolute Gasteiger partial charge is 0.466 e. The van der Waals surface area contributed by atoms with E-state index in [0.717, 1.165) is 9.80 Å². The van der Waals surface area contributed by atoms with Gasteiger partial charge in [0.05, 0.1) is 37.4 Å². The fourth-order valence-electron chi connectivity index (χ4n) is 5.63. The first kappa shape index (κ1) is 28.5. The van der Waals surface area contributed by atoms with Crippen molar-refractivity contribution in [2.24, 2.45) is 0 Å². The summed E-state index contributed by atoms with van der Waals surface area (Å²) in [6.07, 6.45) is 0.112. The van der Waals surface area contributed by atoms with Crippen molar-refractivity contribution in [1.29, 1.82) is 0 Å². The summed E-state index contributed by atoms with van der Waals surface area (Å²) in [5.41, 5.74) is 2.71. The molecule has 44 heavy (non-hydrogen) atoms. The van der Waals surface area contributed by atoms with E-state index in [2.05, 4.69) is 0 Å². The molecule has 10 heteroatoms. The molecule has 0 spiro atoms. The van der Waals surface area contributed by atoms with Gasteiger partial charge in [0.1, 0.15) is 0 Å². The molecular weight excluding hydrogens is 564 g/mol. The average Bonchev–Trinajstić information content (AvgIpc) is 3.01. The monoisotopic (exact) mass is 590 g/mol. The number of imide groups is 2. The molecule has 0 aliphatic carbocycles. The number of amides is 4. The number of nitrogens with zero attached hydrogens (tertiary/aromatic N) is 2. The number of anilines is 2. The van der Waals surface area contributed by atoms with Crippen molar-refractivity contribution in [3.63, 3.8) is 0 Å². The lowest BCUT2D eigenvalue weighted by molar-refractivity contribution is -0.143. The second kappa shape index (κ2) is 11.2. The topological polar surface area (TPSA) is 127 Å². The van der Waals surface area contributed by atoms with Gasteiger partial charge in [0.15, 0.2) is 0 Å². The lowest BCUT2D eigenvalue weighted by atomic mass is 9.85. The SMILES string of the molecule is CCOC(=O)Cc1ccc(N2C(=O)c3ccc4c5c(ccc(c35)C2=O)C(=O)N(c2ccc(CC(=O)OCC)cc2)C4=O)cc1. The second-order valence-electron chi connectivity index (χ2n) is 10.3. The Hall–Kier alpha value is -5.64. The van der Waals surface area contributed by atoms with Gasteiger partial charge in [0, 0.05) is 33.0 Å². The zero-order valence-corrected chi connectivity index (χ0v) is 23.9. The predicted molar refractivity (Wildman–Crippen MR) is 160 cm³/mol. The van der Waals surface area contributed by atoms with Crippen molar-refractivity contribution in [3.05, 3.63) is 106 Å². The third-order valence-electron chi connectivity index (χ3n) is 7.59. The molecule has 0 aromatic heterocycles. The van der Waals surface area contributed by atoms with Crippen LogP contribution in [0.4, 0.5) is 11.4 Å². The Morgan fingerprint density at radius 2 is 0.795 bits per heavy atom. The van der Waals surface area contributed by atoms with E-state index < -0.39 is 23.6 Å². The van der Waals surface area contributed by atoms with Crippen LogP contribution in [0.2, 0.25) is 0 Å². The molecule has 0 fully saturated rings. The van der Waals surface area contributed by atoms with Gasteiger partial charge >= 0.3 is 11.9 Å². The predicted octanol–water partition coefficient (Wildman–Crippen LogP) is 4.65. The van der Waals surface area contributed by atoms with Crippen molar-refractivity contribution < 1.29 is 38.2 Å². The van der Waals surface area contributed by atoms with Crippen LogP contribution in [0.25, 0.3) is 10.8 Å². The summed E-state index contributed by atoms with van der Waals surface area (Å²) < 4.78 is 9.96. The molecule has 2 heterocycles. The van der Waals surface area contributed by atoms with E-state index in [9.17, 15) is 28.8 Å². The van der Waals surface area contributed by atoms with E-state index in [4.69, 9.17) is 9.47 Å². The molecule has 0 radical (unpaired) electrons. The highest BCUT2D eigenvalue weighted by atomic mass is 16.5. The Labute approximate surface area is 251 Å². The van der Waals surface area contributed by atoms with Crippen molar-refractivity contribution in [1.82, 2.24) is 0 Å². The highest BCUT2D eigenvalue weighted by Gasteiger charge is 2.40. The number of ether oxygens (including phenoxy) is 2. The second-order valence-corrected chi connectivity index (χ2v) is 10.3. The highest BCUT2D eigenvalue weighted by molar-refractivity contribution is 6.42. The summed E-state index contributed by atoms with van der Waals surface area (Å²) in [5, 5.41) is 0.521. The van der Waals surface area contributed by atoms with Crippen LogP contribution in [0.3, 0.4) is 0 Å². The third-order valence-corrected chi connectivity index (χ3v) is 7.59. The first-order chi connectivity index (χ1) is 21.2. The van der Waals surface area contributed by atoms with E-state index in [-0.39, 0.29) is 71.0 Å². The van der Waals surface area contributed by atoms with E-state index in [1.165, 1.54) is 24.3 Å². The van der Waals surface area contributed by atoms with E-state index in [0.29, 0.717) is 22.5 Å². The van der Waals surface area contributed by atoms with Gasteiger partial charge in [-0.15, -0.1) is 0 Å². The van der Waals surface area contributed by atoms with Gasteiger partial charge in [-0.25, -0.2) is 9.80 Å². The molecule has 4 aromatic carbocycles. The minimum atomic E-state index is -0.594. The van der Waals surface area contributed by atoms with Crippen molar-refractivity contribution in [2.75, 3.05) is 23.0 Å². The van der Waals surface area contributed by atoms with Crippen LogP contribution in [-0.2, 0) is 31.9 Å². The Kier molecular flexibility index (Phi) is 7.26. The third kappa shape index (κ3) is 4.70. The van der Waals surface area contributed by atoms with Gasteiger partial charge in [-0.2, -0.15) is 0 Å².